The molecule has 0 spiro atoms. The molecule has 0 aliphatic rings. The molecular formula is C17H27NSi. The first-order valence-corrected chi connectivity index (χ1v) is 11.0. The van der Waals surface area contributed by atoms with Gasteiger partial charge in [-0.05, 0) is 24.9 Å². The Hall–Kier alpha value is -1.04. The van der Waals surface area contributed by atoms with E-state index in [0.717, 1.165) is 25.6 Å². The SMILES string of the molecule is C[Si](C)(C)CC#CCCCCNCc1ccccc1. The van der Waals surface area contributed by atoms with Gasteiger partial charge in [-0.15, -0.1) is 11.8 Å². The lowest BCUT2D eigenvalue weighted by molar-refractivity contribution is 0.629. The minimum atomic E-state index is -0.962. The Balaban J connectivity index is 1.97. The van der Waals surface area contributed by atoms with E-state index >= 15 is 0 Å². The van der Waals surface area contributed by atoms with E-state index in [1.54, 1.807) is 0 Å². The molecule has 0 fully saturated rings. The highest BCUT2D eigenvalue weighted by Gasteiger charge is 2.09. The van der Waals surface area contributed by atoms with Gasteiger partial charge in [0.1, 0.15) is 0 Å². The van der Waals surface area contributed by atoms with Crippen LogP contribution in [0, 0.1) is 11.8 Å². The molecule has 0 bridgehead atoms. The lowest BCUT2D eigenvalue weighted by atomic mass is 10.2. The topological polar surface area (TPSA) is 12.0 Å². The predicted octanol–water partition coefficient (Wildman–Crippen LogP) is 4.29. The molecule has 0 amide bonds. The van der Waals surface area contributed by atoms with Crippen molar-refractivity contribution in [3.05, 3.63) is 35.9 Å². The predicted molar refractivity (Wildman–Crippen MR) is 87.9 cm³/mol. The van der Waals surface area contributed by atoms with Crippen LogP contribution < -0.4 is 5.32 Å². The van der Waals surface area contributed by atoms with Crippen LogP contribution in [0.15, 0.2) is 30.3 Å². The van der Waals surface area contributed by atoms with Crippen LogP contribution in [0.3, 0.4) is 0 Å². The maximum atomic E-state index is 3.48. The van der Waals surface area contributed by atoms with Crippen LogP contribution >= 0.6 is 0 Å². The third-order valence-corrected chi connectivity index (χ3v) is 4.06. The summed E-state index contributed by atoms with van der Waals surface area (Å²) in [6.07, 6.45) is 3.48. The summed E-state index contributed by atoms with van der Waals surface area (Å²) >= 11 is 0. The molecule has 1 nitrogen and oxygen atoms in total. The summed E-state index contributed by atoms with van der Waals surface area (Å²) in [6, 6.07) is 11.7. The molecule has 0 aromatic heterocycles. The molecule has 1 rings (SSSR count). The monoisotopic (exact) mass is 273 g/mol. The number of unbranched alkanes of at least 4 members (excludes halogenated alkanes) is 2. The van der Waals surface area contributed by atoms with Crippen molar-refractivity contribution in [3.8, 4) is 11.8 Å². The highest BCUT2D eigenvalue weighted by atomic mass is 28.3. The van der Waals surface area contributed by atoms with Crippen LogP contribution in [-0.4, -0.2) is 14.6 Å². The quantitative estimate of drug-likeness (QED) is 0.444. The van der Waals surface area contributed by atoms with Crippen molar-refractivity contribution in [3.63, 3.8) is 0 Å². The summed E-state index contributed by atoms with van der Waals surface area (Å²) in [5, 5.41) is 3.48. The van der Waals surface area contributed by atoms with Crippen molar-refractivity contribution in [2.24, 2.45) is 0 Å². The number of rotatable bonds is 7. The summed E-state index contributed by atoms with van der Waals surface area (Å²) in [7, 11) is -0.962. The summed E-state index contributed by atoms with van der Waals surface area (Å²) < 4.78 is 0. The molecule has 19 heavy (non-hydrogen) atoms. The van der Waals surface area contributed by atoms with Crippen LogP contribution in [0.1, 0.15) is 24.8 Å². The molecule has 0 aliphatic heterocycles. The first-order chi connectivity index (χ1) is 9.08. The second kappa shape index (κ2) is 8.96. The molecule has 2 heteroatoms. The van der Waals surface area contributed by atoms with Gasteiger partial charge in [-0.3, -0.25) is 0 Å². The molecule has 0 radical (unpaired) electrons. The maximum absolute atomic E-state index is 3.48. The van der Waals surface area contributed by atoms with E-state index in [4.69, 9.17) is 0 Å². The Morgan fingerprint density at radius 3 is 2.42 bits per heavy atom. The van der Waals surface area contributed by atoms with E-state index in [1.807, 2.05) is 0 Å². The van der Waals surface area contributed by atoms with Crippen LogP contribution in [0.25, 0.3) is 0 Å². The van der Waals surface area contributed by atoms with Crippen molar-refractivity contribution < 1.29 is 0 Å². The normalized spacial score (nSPS) is 10.9. The molecular weight excluding hydrogens is 246 g/mol. The van der Waals surface area contributed by atoms with Gasteiger partial charge in [0.25, 0.3) is 0 Å². The average Bonchev–Trinajstić information content (AvgIpc) is 2.37. The van der Waals surface area contributed by atoms with E-state index in [2.05, 4.69) is 67.1 Å². The number of hydrogen-bond acceptors (Lipinski definition) is 1. The third-order valence-electron chi connectivity index (χ3n) is 2.82. The second-order valence-corrected chi connectivity index (χ2v) is 11.7. The first-order valence-electron chi connectivity index (χ1n) is 7.28. The maximum Gasteiger partial charge on any atom is 0.0573 e. The van der Waals surface area contributed by atoms with Gasteiger partial charge < -0.3 is 5.32 Å². The summed E-state index contributed by atoms with van der Waals surface area (Å²) in [4.78, 5) is 0. The zero-order valence-corrected chi connectivity index (χ0v) is 13.6. The fourth-order valence-electron chi connectivity index (χ4n) is 1.71. The molecule has 0 unspecified atom stereocenters. The lowest BCUT2D eigenvalue weighted by Gasteiger charge is -2.09. The number of nitrogens with one attached hydrogen (secondary N) is 1. The molecule has 0 saturated carbocycles. The van der Waals surface area contributed by atoms with Crippen molar-refractivity contribution in [1.82, 2.24) is 5.32 Å². The third kappa shape index (κ3) is 9.52. The Kier molecular flexibility index (Phi) is 7.55. The minimum absolute atomic E-state index is 0.962. The fourth-order valence-corrected chi connectivity index (χ4v) is 2.36. The van der Waals surface area contributed by atoms with Gasteiger partial charge in [-0.2, -0.15) is 0 Å². The van der Waals surface area contributed by atoms with Crippen LogP contribution in [0.2, 0.25) is 25.7 Å². The highest BCUT2D eigenvalue weighted by molar-refractivity contribution is 6.76. The molecule has 1 N–H and O–H groups in total. The lowest BCUT2D eigenvalue weighted by Crippen LogP contribution is -2.17. The molecule has 0 aliphatic carbocycles. The van der Waals surface area contributed by atoms with Gasteiger partial charge in [-0.25, -0.2) is 0 Å². The van der Waals surface area contributed by atoms with E-state index in [1.165, 1.54) is 18.4 Å². The summed E-state index contributed by atoms with van der Waals surface area (Å²) in [5.74, 6) is 6.64. The van der Waals surface area contributed by atoms with Crippen LogP contribution in [0.5, 0.6) is 0 Å². The smallest absolute Gasteiger partial charge is 0.0573 e. The molecule has 0 heterocycles. The van der Waals surface area contributed by atoms with E-state index in [9.17, 15) is 0 Å². The van der Waals surface area contributed by atoms with Crippen molar-refractivity contribution in [2.45, 2.75) is 51.5 Å². The Morgan fingerprint density at radius 1 is 1.00 bits per heavy atom. The average molecular weight is 273 g/mol. The van der Waals surface area contributed by atoms with Crippen LogP contribution in [0.4, 0.5) is 0 Å². The molecule has 0 saturated heterocycles. The fraction of sp³-hybridized carbons (Fsp3) is 0.529. The Labute approximate surface area is 119 Å². The second-order valence-electron chi connectivity index (χ2n) is 6.21. The zero-order chi connectivity index (χ0) is 14.0. The van der Waals surface area contributed by atoms with Gasteiger partial charge in [0.2, 0.25) is 0 Å². The van der Waals surface area contributed by atoms with Gasteiger partial charge >= 0.3 is 0 Å². The van der Waals surface area contributed by atoms with E-state index < -0.39 is 8.07 Å². The van der Waals surface area contributed by atoms with E-state index in [0.29, 0.717) is 0 Å². The standard InChI is InChI=1S/C17H27NSi/c1-19(2,3)15-11-6-4-5-10-14-18-16-17-12-8-7-9-13-17/h7-9,12-13,18H,4-5,10,14-16H2,1-3H3. The van der Waals surface area contributed by atoms with Gasteiger partial charge in [0.15, 0.2) is 0 Å². The number of hydrogen-bond donors (Lipinski definition) is 1. The molecule has 0 atom stereocenters. The minimum Gasteiger partial charge on any atom is -0.313 e. The molecule has 104 valence electrons. The van der Waals surface area contributed by atoms with Crippen molar-refractivity contribution in [1.29, 1.82) is 0 Å². The molecule has 1 aromatic rings. The van der Waals surface area contributed by atoms with Crippen LogP contribution in [-0.2, 0) is 6.54 Å². The zero-order valence-electron chi connectivity index (χ0n) is 12.6. The number of benzene rings is 1. The van der Waals surface area contributed by atoms with Gasteiger partial charge in [0.05, 0.1) is 8.07 Å². The van der Waals surface area contributed by atoms with Gasteiger partial charge in [-0.1, -0.05) is 50.0 Å². The summed E-state index contributed by atoms with van der Waals surface area (Å²) in [6.45, 7) is 9.17. The largest absolute Gasteiger partial charge is 0.313 e. The first kappa shape index (κ1) is 16.0. The van der Waals surface area contributed by atoms with E-state index in [-0.39, 0.29) is 0 Å². The van der Waals surface area contributed by atoms with Crippen molar-refractivity contribution >= 4 is 8.07 Å². The summed E-state index contributed by atoms with van der Waals surface area (Å²) in [5.41, 5.74) is 1.36. The highest BCUT2D eigenvalue weighted by Crippen LogP contribution is 2.06. The Morgan fingerprint density at radius 2 is 1.74 bits per heavy atom. The Bertz CT molecular complexity index is 395. The van der Waals surface area contributed by atoms with Crippen molar-refractivity contribution in [2.75, 3.05) is 6.54 Å². The van der Waals surface area contributed by atoms with Gasteiger partial charge in [0, 0.05) is 19.0 Å². The molecule has 1 aromatic carbocycles.